The highest BCUT2D eigenvalue weighted by molar-refractivity contribution is 7.71. The van der Waals surface area contributed by atoms with Crippen molar-refractivity contribution >= 4 is 39.7 Å². The van der Waals surface area contributed by atoms with E-state index in [0.29, 0.717) is 43.0 Å². The Morgan fingerprint density at radius 1 is 1.43 bits per heavy atom. The van der Waals surface area contributed by atoms with Gasteiger partial charge >= 0.3 is 0 Å². The van der Waals surface area contributed by atoms with Crippen LogP contribution in [0.15, 0.2) is 16.2 Å². The number of morpholine rings is 1. The van der Waals surface area contributed by atoms with Crippen LogP contribution >= 0.6 is 23.6 Å². The zero-order chi connectivity index (χ0) is 14.8. The number of rotatable bonds is 3. The third-order valence-corrected chi connectivity index (χ3v) is 4.67. The monoisotopic (exact) mass is 325 g/mol. The summed E-state index contributed by atoms with van der Waals surface area (Å²) in [5.41, 5.74) is -0.134. The molecule has 0 unspecified atom stereocenters. The summed E-state index contributed by atoms with van der Waals surface area (Å²) in [4.78, 5) is 30.0. The molecule has 1 amide bonds. The van der Waals surface area contributed by atoms with Gasteiger partial charge in [0.05, 0.1) is 18.6 Å². The van der Waals surface area contributed by atoms with Crippen molar-refractivity contribution in [2.24, 2.45) is 0 Å². The first-order valence-electron chi connectivity index (χ1n) is 6.72. The highest BCUT2D eigenvalue weighted by atomic mass is 32.1. The van der Waals surface area contributed by atoms with Gasteiger partial charge in [0.2, 0.25) is 5.91 Å². The molecule has 3 rings (SSSR count). The number of amides is 1. The number of H-pyrrole nitrogens is 1. The summed E-state index contributed by atoms with van der Waals surface area (Å²) < 4.78 is 7.05. The van der Waals surface area contributed by atoms with Gasteiger partial charge < -0.3 is 14.6 Å². The molecule has 0 bridgehead atoms. The molecule has 1 aliphatic heterocycles. The average molecular weight is 325 g/mol. The van der Waals surface area contributed by atoms with Crippen molar-refractivity contribution in [3.8, 4) is 0 Å². The second kappa shape index (κ2) is 6.08. The van der Waals surface area contributed by atoms with Crippen LogP contribution in [0.5, 0.6) is 0 Å². The normalized spacial score (nSPS) is 15.5. The molecule has 21 heavy (non-hydrogen) atoms. The predicted molar refractivity (Wildman–Crippen MR) is 83.3 cm³/mol. The molecule has 0 radical (unpaired) electrons. The molecule has 1 saturated heterocycles. The largest absolute Gasteiger partial charge is 0.378 e. The van der Waals surface area contributed by atoms with Crippen molar-refractivity contribution in [2.45, 2.75) is 13.0 Å². The van der Waals surface area contributed by atoms with Crippen molar-refractivity contribution in [1.29, 1.82) is 0 Å². The molecule has 0 aromatic carbocycles. The Bertz CT molecular complexity index is 771. The number of nitrogens with one attached hydrogen (secondary N) is 1. The molecule has 1 aliphatic rings. The maximum absolute atomic E-state index is 12.3. The van der Waals surface area contributed by atoms with Gasteiger partial charge in [0.15, 0.2) is 4.77 Å². The molecule has 6 nitrogen and oxygen atoms in total. The minimum absolute atomic E-state index is 0.0324. The van der Waals surface area contributed by atoms with Crippen LogP contribution < -0.4 is 5.56 Å². The Balaban J connectivity index is 1.77. The summed E-state index contributed by atoms with van der Waals surface area (Å²) in [6, 6.07) is 1.77. The van der Waals surface area contributed by atoms with Crippen LogP contribution in [-0.4, -0.2) is 46.7 Å². The Kier molecular flexibility index (Phi) is 4.18. The number of carbonyl (C=O) groups excluding carboxylic acids is 1. The average Bonchev–Trinajstić information content (AvgIpc) is 2.96. The minimum Gasteiger partial charge on any atom is -0.378 e. The van der Waals surface area contributed by atoms with Gasteiger partial charge in [-0.25, -0.2) is 0 Å². The lowest BCUT2D eigenvalue weighted by Crippen LogP contribution is -2.41. The van der Waals surface area contributed by atoms with Gasteiger partial charge in [0.25, 0.3) is 5.56 Å². The first-order chi connectivity index (χ1) is 10.2. The number of fused-ring (bicyclic) bond motifs is 1. The van der Waals surface area contributed by atoms with Crippen LogP contribution in [0.4, 0.5) is 0 Å². The molecule has 0 saturated carbocycles. The smallest absolute Gasteiger partial charge is 0.263 e. The Morgan fingerprint density at radius 2 is 2.19 bits per heavy atom. The third kappa shape index (κ3) is 2.92. The molecule has 2 aromatic rings. The maximum Gasteiger partial charge on any atom is 0.263 e. The van der Waals surface area contributed by atoms with E-state index < -0.39 is 0 Å². The highest BCUT2D eigenvalue weighted by Gasteiger charge is 2.17. The highest BCUT2D eigenvalue weighted by Crippen LogP contribution is 2.14. The summed E-state index contributed by atoms with van der Waals surface area (Å²) in [5.74, 6) is 0.0324. The number of hydrogen-bond acceptors (Lipinski definition) is 5. The van der Waals surface area contributed by atoms with Crippen LogP contribution in [0.3, 0.4) is 0 Å². The SMILES string of the molecule is O=C(CCn1c(=S)[nH]c2sccc2c1=O)N1CCOCC1. The fourth-order valence-electron chi connectivity index (χ4n) is 2.36. The Labute approximate surface area is 130 Å². The molecular formula is C13H15N3O3S2. The van der Waals surface area contributed by atoms with Gasteiger partial charge in [-0.05, 0) is 23.7 Å². The summed E-state index contributed by atoms with van der Waals surface area (Å²) in [6.07, 6.45) is 0.271. The number of thiophene rings is 1. The lowest BCUT2D eigenvalue weighted by Gasteiger charge is -2.26. The lowest BCUT2D eigenvalue weighted by molar-refractivity contribution is -0.135. The molecule has 0 atom stereocenters. The Morgan fingerprint density at radius 3 is 2.95 bits per heavy atom. The number of nitrogens with zero attached hydrogens (tertiary/aromatic N) is 2. The molecule has 3 heterocycles. The second-order valence-electron chi connectivity index (χ2n) is 4.79. The van der Waals surface area contributed by atoms with Crippen LogP contribution in [0.1, 0.15) is 6.42 Å². The van der Waals surface area contributed by atoms with Crippen molar-refractivity contribution < 1.29 is 9.53 Å². The molecule has 0 spiro atoms. The van der Waals surface area contributed by atoms with E-state index in [0.717, 1.165) is 4.83 Å². The van der Waals surface area contributed by atoms with Crippen molar-refractivity contribution in [3.63, 3.8) is 0 Å². The summed E-state index contributed by atoms with van der Waals surface area (Å²) >= 11 is 6.66. The molecule has 1 N–H and O–H groups in total. The van der Waals surface area contributed by atoms with Gasteiger partial charge in [0.1, 0.15) is 4.83 Å². The first-order valence-corrected chi connectivity index (χ1v) is 8.01. The van der Waals surface area contributed by atoms with E-state index in [4.69, 9.17) is 17.0 Å². The van der Waals surface area contributed by atoms with Gasteiger partial charge in [0, 0.05) is 26.1 Å². The molecule has 112 valence electrons. The standard InChI is InChI=1S/C13H15N3O3S2/c17-10(15-4-6-19-7-5-15)1-3-16-12(18)9-2-8-21-11(9)14-13(16)20/h2,8H,1,3-7H2,(H,14,20). The fourth-order valence-corrected chi connectivity index (χ4v) is 3.48. The van der Waals surface area contributed by atoms with Crippen LogP contribution in [-0.2, 0) is 16.1 Å². The summed E-state index contributed by atoms with van der Waals surface area (Å²) in [7, 11) is 0. The molecule has 1 fully saturated rings. The van der Waals surface area contributed by atoms with Crippen LogP contribution in [0, 0.1) is 4.77 Å². The van der Waals surface area contributed by atoms with Gasteiger partial charge in [-0.2, -0.15) is 0 Å². The van der Waals surface area contributed by atoms with Crippen LogP contribution in [0.25, 0.3) is 10.2 Å². The summed E-state index contributed by atoms with van der Waals surface area (Å²) in [5, 5.41) is 2.47. The van der Waals surface area contributed by atoms with E-state index in [9.17, 15) is 9.59 Å². The number of aromatic amines is 1. The minimum atomic E-state index is -0.134. The van der Waals surface area contributed by atoms with E-state index in [1.165, 1.54) is 15.9 Å². The number of aromatic nitrogens is 2. The van der Waals surface area contributed by atoms with Gasteiger partial charge in [-0.15, -0.1) is 11.3 Å². The lowest BCUT2D eigenvalue weighted by atomic mass is 10.3. The first kappa shape index (κ1) is 14.4. The quantitative estimate of drug-likeness (QED) is 0.866. The van der Waals surface area contributed by atoms with E-state index >= 15 is 0 Å². The third-order valence-electron chi connectivity index (χ3n) is 3.52. The molecule has 2 aromatic heterocycles. The number of ether oxygens (including phenoxy) is 1. The van der Waals surface area contributed by atoms with Crippen LogP contribution in [0.2, 0.25) is 0 Å². The van der Waals surface area contributed by atoms with Gasteiger partial charge in [-0.1, -0.05) is 0 Å². The zero-order valence-electron chi connectivity index (χ0n) is 11.3. The molecule has 0 aliphatic carbocycles. The zero-order valence-corrected chi connectivity index (χ0v) is 13.0. The van der Waals surface area contributed by atoms with E-state index in [-0.39, 0.29) is 17.9 Å². The van der Waals surface area contributed by atoms with Crippen molar-refractivity contribution in [1.82, 2.24) is 14.5 Å². The Hall–Kier alpha value is -1.51. The van der Waals surface area contributed by atoms with E-state index in [1.54, 1.807) is 11.0 Å². The predicted octanol–water partition coefficient (Wildman–Crippen LogP) is 1.37. The van der Waals surface area contributed by atoms with Crippen molar-refractivity contribution in [2.75, 3.05) is 26.3 Å². The van der Waals surface area contributed by atoms with E-state index in [1.807, 2.05) is 5.38 Å². The van der Waals surface area contributed by atoms with Gasteiger partial charge in [-0.3, -0.25) is 14.2 Å². The van der Waals surface area contributed by atoms with E-state index in [2.05, 4.69) is 4.98 Å². The number of carbonyl (C=O) groups is 1. The maximum atomic E-state index is 12.3. The topological polar surface area (TPSA) is 67.3 Å². The fraction of sp³-hybridized carbons (Fsp3) is 0.462. The summed E-state index contributed by atoms with van der Waals surface area (Å²) in [6.45, 7) is 2.68. The number of hydrogen-bond donors (Lipinski definition) is 1. The second-order valence-corrected chi connectivity index (χ2v) is 6.10. The molecular weight excluding hydrogens is 310 g/mol. The molecule has 8 heteroatoms. The van der Waals surface area contributed by atoms with Crippen molar-refractivity contribution in [3.05, 3.63) is 26.6 Å².